The largest absolute Gasteiger partial charge is 0.358 e. The van der Waals surface area contributed by atoms with Crippen molar-refractivity contribution in [2.75, 3.05) is 0 Å². The summed E-state index contributed by atoms with van der Waals surface area (Å²) in [6, 6.07) is 15.1. The summed E-state index contributed by atoms with van der Waals surface area (Å²) in [5.74, 6) is 0.125. The smallest absolute Gasteiger partial charge is 0.340 e. The summed E-state index contributed by atoms with van der Waals surface area (Å²) in [5, 5.41) is 4.93. The van der Waals surface area contributed by atoms with E-state index in [9.17, 15) is 8.42 Å². The van der Waals surface area contributed by atoms with Crippen LogP contribution in [0.2, 0.25) is 5.02 Å². The van der Waals surface area contributed by atoms with E-state index in [0.29, 0.717) is 22.8 Å². The number of benzene rings is 2. The van der Waals surface area contributed by atoms with E-state index >= 15 is 0 Å². The van der Waals surface area contributed by atoms with Crippen molar-refractivity contribution in [1.82, 2.24) is 9.78 Å². The maximum atomic E-state index is 12.6. The Morgan fingerprint density at radius 2 is 1.84 bits per heavy atom. The third-order valence-electron chi connectivity index (χ3n) is 3.65. The van der Waals surface area contributed by atoms with E-state index in [1.165, 1.54) is 16.8 Å². The van der Waals surface area contributed by atoms with Crippen LogP contribution in [0.1, 0.15) is 18.2 Å². The molecule has 0 unspecified atom stereocenters. The topological polar surface area (TPSA) is 61.2 Å². The summed E-state index contributed by atoms with van der Waals surface area (Å²) in [6.07, 6.45) is 0.647. The van der Waals surface area contributed by atoms with Crippen molar-refractivity contribution in [3.8, 4) is 11.6 Å². The van der Waals surface area contributed by atoms with E-state index in [4.69, 9.17) is 15.8 Å². The van der Waals surface area contributed by atoms with Crippen molar-refractivity contribution in [2.24, 2.45) is 0 Å². The van der Waals surface area contributed by atoms with Crippen LogP contribution in [-0.4, -0.2) is 18.2 Å². The fourth-order valence-corrected chi connectivity index (χ4v) is 3.39. The van der Waals surface area contributed by atoms with Gasteiger partial charge in [0, 0.05) is 11.1 Å². The summed E-state index contributed by atoms with van der Waals surface area (Å²) in [4.78, 5) is 0.0926. The number of halogens is 1. The van der Waals surface area contributed by atoms with Gasteiger partial charge in [0.05, 0.1) is 11.4 Å². The second kappa shape index (κ2) is 6.90. The minimum atomic E-state index is -3.96. The highest BCUT2D eigenvalue weighted by Crippen LogP contribution is 2.25. The van der Waals surface area contributed by atoms with E-state index in [1.54, 1.807) is 42.5 Å². The molecule has 5 nitrogen and oxygen atoms in total. The molecule has 0 fully saturated rings. The lowest BCUT2D eigenvalue weighted by molar-refractivity contribution is 0.465. The standard InChI is InChI=1S/C18H17ClN2O3S/c1-3-15-12-18(21(20-15)16-6-4-5-14(19)11-16)24-25(22,23)17-9-7-13(2)8-10-17/h4-12H,3H2,1-2H3. The lowest BCUT2D eigenvalue weighted by Gasteiger charge is -2.10. The molecule has 0 bridgehead atoms. The fraction of sp³-hybridized carbons (Fsp3) is 0.167. The number of hydrogen-bond acceptors (Lipinski definition) is 4. The van der Waals surface area contributed by atoms with Gasteiger partial charge in [-0.15, -0.1) is 0 Å². The highest BCUT2D eigenvalue weighted by atomic mass is 35.5. The van der Waals surface area contributed by atoms with Crippen LogP contribution in [-0.2, 0) is 16.5 Å². The van der Waals surface area contributed by atoms with Crippen molar-refractivity contribution in [3.63, 3.8) is 0 Å². The lowest BCUT2D eigenvalue weighted by atomic mass is 10.2. The molecule has 0 atom stereocenters. The van der Waals surface area contributed by atoms with Crippen LogP contribution in [0.25, 0.3) is 5.69 Å². The molecule has 0 radical (unpaired) electrons. The average Bonchev–Trinajstić information content (AvgIpc) is 2.97. The van der Waals surface area contributed by atoms with Gasteiger partial charge >= 0.3 is 10.1 Å². The molecule has 0 aliphatic rings. The highest BCUT2D eigenvalue weighted by Gasteiger charge is 2.21. The number of aryl methyl sites for hydroxylation is 2. The molecule has 0 aliphatic heterocycles. The van der Waals surface area contributed by atoms with Gasteiger partial charge in [-0.2, -0.15) is 18.2 Å². The van der Waals surface area contributed by atoms with Gasteiger partial charge in [-0.1, -0.05) is 42.3 Å². The third-order valence-corrected chi connectivity index (χ3v) is 5.12. The molecule has 3 rings (SSSR count). The Morgan fingerprint density at radius 3 is 2.48 bits per heavy atom. The number of nitrogens with zero attached hydrogens (tertiary/aromatic N) is 2. The normalized spacial score (nSPS) is 11.5. The molecule has 1 heterocycles. The average molecular weight is 377 g/mol. The van der Waals surface area contributed by atoms with Crippen LogP contribution in [0.5, 0.6) is 5.88 Å². The van der Waals surface area contributed by atoms with E-state index < -0.39 is 10.1 Å². The molecule has 1 aromatic heterocycles. The molecule has 130 valence electrons. The zero-order chi connectivity index (χ0) is 18.0. The van der Waals surface area contributed by atoms with E-state index in [0.717, 1.165) is 5.56 Å². The molecular formula is C18H17ClN2O3S. The molecule has 0 N–H and O–H groups in total. The SMILES string of the molecule is CCc1cc(OS(=O)(=O)c2ccc(C)cc2)n(-c2cccc(Cl)c2)n1. The van der Waals surface area contributed by atoms with Gasteiger partial charge in [-0.25, -0.2) is 0 Å². The van der Waals surface area contributed by atoms with Crippen LogP contribution in [0.4, 0.5) is 0 Å². The minimum Gasteiger partial charge on any atom is -0.358 e. The molecule has 0 aliphatic carbocycles. The molecule has 0 spiro atoms. The Labute approximate surface area is 151 Å². The van der Waals surface area contributed by atoms with Gasteiger partial charge < -0.3 is 4.18 Å². The lowest BCUT2D eigenvalue weighted by Crippen LogP contribution is -2.12. The van der Waals surface area contributed by atoms with Crippen molar-refractivity contribution >= 4 is 21.7 Å². The third kappa shape index (κ3) is 3.86. The van der Waals surface area contributed by atoms with Crippen molar-refractivity contribution in [1.29, 1.82) is 0 Å². The Bertz CT molecular complexity index is 995. The first kappa shape index (κ1) is 17.5. The molecule has 3 aromatic rings. The monoisotopic (exact) mass is 376 g/mol. The second-order valence-electron chi connectivity index (χ2n) is 5.57. The molecular weight excluding hydrogens is 360 g/mol. The summed E-state index contributed by atoms with van der Waals surface area (Å²) in [6.45, 7) is 3.82. The highest BCUT2D eigenvalue weighted by molar-refractivity contribution is 7.87. The van der Waals surface area contributed by atoms with Crippen LogP contribution in [0.15, 0.2) is 59.5 Å². The van der Waals surface area contributed by atoms with Crippen LogP contribution < -0.4 is 4.18 Å². The van der Waals surface area contributed by atoms with Crippen molar-refractivity contribution in [3.05, 3.63) is 70.9 Å². The van der Waals surface area contributed by atoms with Crippen LogP contribution in [0.3, 0.4) is 0 Å². The Balaban J connectivity index is 2.02. The van der Waals surface area contributed by atoms with Crippen molar-refractivity contribution < 1.29 is 12.6 Å². The van der Waals surface area contributed by atoms with Crippen LogP contribution >= 0.6 is 11.6 Å². The molecule has 25 heavy (non-hydrogen) atoms. The maximum Gasteiger partial charge on any atom is 0.340 e. The Kier molecular flexibility index (Phi) is 4.83. The van der Waals surface area contributed by atoms with Gasteiger partial charge in [0.2, 0.25) is 5.88 Å². The van der Waals surface area contributed by atoms with Gasteiger partial charge in [-0.05, 0) is 43.7 Å². The Hall–Kier alpha value is -2.31. The fourth-order valence-electron chi connectivity index (χ4n) is 2.30. The summed E-state index contributed by atoms with van der Waals surface area (Å²) < 4.78 is 31.9. The van der Waals surface area contributed by atoms with E-state index in [-0.39, 0.29) is 10.8 Å². The summed E-state index contributed by atoms with van der Waals surface area (Å²) >= 11 is 6.03. The van der Waals surface area contributed by atoms with Crippen LogP contribution in [0, 0.1) is 6.92 Å². The van der Waals surface area contributed by atoms with Crippen molar-refractivity contribution in [2.45, 2.75) is 25.2 Å². The zero-order valence-corrected chi connectivity index (χ0v) is 15.4. The minimum absolute atomic E-state index is 0.0926. The van der Waals surface area contributed by atoms with E-state index in [2.05, 4.69) is 5.10 Å². The molecule has 0 saturated heterocycles. The zero-order valence-electron chi connectivity index (χ0n) is 13.8. The number of rotatable bonds is 5. The van der Waals surface area contributed by atoms with Gasteiger partial charge in [0.1, 0.15) is 4.90 Å². The summed E-state index contributed by atoms with van der Waals surface area (Å²) in [5.41, 5.74) is 2.31. The predicted molar refractivity (Wildman–Crippen MR) is 96.9 cm³/mol. The molecule has 0 amide bonds. The Morgan fingerprint density at radius 1 is 1.12 bits per heavy atom. The van der Waals surface area contributed by atoms with Gasteiger partial charge in [0.25, 0.3) is 0 Å². The second-order valence-corrected chi connectivity index (χ2v) is 7.55. The molecule has 7 heteroatoms. The van der Waals surface area contributed by atoms with E-state index in [1.807, 2.05) is 13.8 Å². The van der Waals surface area contributed by atoms with Gasteiger partial charge in [-0.3, -0.25) is 0 Å². The molecule has 0 saturated carbocycles. The quantitative estimate of drug-likeness (QED) is 0.627. The van der Waals surface area contributed by atoms with Gasteiger partial charge in [0.15, 0.2) is 0 Å². The maximum absolute atomic E-state index is 12.6. The first-order valence-electron chi connectivity index (χ1n) is 7.75. The number of aromatic nitrogens is 2. The predicted octanol–water partition coefficient (Wildman–Crippen LogP) is 4.16. The molecule has 2 aromatic carbocycles. The first-order chi connectivity index (χ1) is 11.9. The first-order valence-corrected chi connectivity index (χ1v) is 9.54. The summed E-state index contributed by atoms with van der Waals surface area (Å²) in [7, 11) is -3.96. The number of hydrogen-bond donors (Lipinski definition) is 0.